The molecular formula is C16H21N7O3. The average Bonchev–Trinajstić information content (AvgIpc) is 3.19. The van der Waals surface area contributed by atoms with Gasteiger partial charge in [-0.05, 0) is 55.6 Å². The van der Waals surface area contributed by atoms with Gasteiger partial charge in [0.1, 0.15) is 6.54 Å². The average molecular weight is 359 g/mol. The molecule has 0 radical (unpaired) electrons. The van der Waals surface area contributed by atoms with E-state index < -0.39 is 6.03 Å². The standard InChI is InChI=1S/C16H21N7O3/c24-12(7-22-13(25)6-17-14(22)26)20-15-2-10-1-11(3-15)5-16(4-10,8-15)23-19-9-18-21-23/h9-11H,1-8H2,(H,17,26)(H,20,24)/t10-,11+,15?,16?. The number of urea groups is 1. The molecule has 138 valence electrons. The molecule has 4 aliphatic carbocycles. The zero-order chi connectivity index (χ0) is 17.9. The Bertz CT molecular complexity index is 747. The van der Waals surface area contributed by atoms with E-state index in [4.69, 9.17) is 0 Å². The molecule has 5 aliphatic rings. The number of carbonyl (C=O) groups excluding carboxylic acids is 3. The van der Waals surface area contributed by atoms with Gasteiger partial charge in [0, 0.05) is 5.54 Å². The van der Waals surface area contributed by atoms with Crippen LogP contribution in [0.4, 0.5) is 4.79 Å². The lowest BCUT2D eigenvalue weighted by molar-refractivity contribution is -0.136. The van der Waals surface area contributed by atoms with E-state index >= 15 is 0 Å². The molecule has 10 heteroatoms. The summed E-state index contributed by atoms with van der Waals surface area (Å²) in [5.74, 6) is 0.413. The van der Waals surface area contributed by atoms with E-state index in [0.717, 1.165) is 37.0 Å². The molecule has 4 saturated carbocycles. The second-order valence-electron chi connectivity index (χ2n) is 8.38. The summed E-state index contributed by atoms with van der Waals surface area (Å²) in [7, 11) is 0. The van der Waals surface area contributed by atoms with Gasteiger partial charge in [-0.15, -0.1) is 10.2 Å². The van der Waals surface area contributed by atoms with Crippen molar-refractivity contribution < 1.29 is 14.4 Å². The van der Waals surface area contributed by atoms with Crippen LogP contribution in [0.15, 0.2) is 6.33 Å². The first kappa shape index (κ1) is 15.7. The molecule has 4 atom stereocenters. The minimum atomic E-state index is -0.501. The molecule has 4 amide bonds. The maximum absolute atomic E-state index is 12.6. The Labute approximate surface area is 149 Å². The maximum Gasteiger partial charge on any atom is 0.325 e. The number of imide groups is 1. The van der Waals surface area contributed by atoms with Gasteiger partial charge in [0.15, 0.2) is 6.33 Å². The van der Waals surface area contributed by atoms with Crippen LogP contribution in [-0.2, 0) is 15.1 Å². The normalized spacial score (nSPS) is 37.9. The fourth-order valence-electron chi connectivity index (χ4n) is 6.07. The molecule has 1 saturated heterocycles. The molecular weight excluding hydrogens is 338 g/mol. The first-order chi connectivity index (χ1) is 12.5. The largest absolute Gasteiger partial charge is 0.349 e. The van der Waals surface area contributed by atoms with Gasteiger partial charge in [0.2, 0.25) is 5.91 Å². The molecule has 2 heterocycles. The Morgan fingerprint density at radius 2 is 2.04 bits per heavy atom. The number of nitrogens with zero attached hydrogens (tertiary/aromatic N) is 5. The van der Waals surface area contributed by atoms with Crippen LogP contribution >= 0.6 is 0 Å². The molecule has 1 aliphatic heterocycles. The molecule has 2 N–H and O–H groups in total. The number of hydrogen-bond acceptors (Lipinski definition) is 6. The van der Waals surface area contributed by atoms with Gasteiger partial charge in [-0.1, -0.05) is 0 Å². The van der Waals surface area contributed by atoms with Crippen molar-refractivity contribution in [2.75, 3.05) is 13.1 Å². The van der Waals surface area contributed by atoms with Crippen molar-refractivity contribution in [3.05, 3.63) is 6.33 Å². The van der Waals surface area contributed by atoms with Crippen LogP contribution in [0.1, 0.15) is 38.5 Å². The van der Waals surface area contributed by atoms with Crippen molar-refractivity contribution in [3.63, 3.8) is 0 Å². The van der Waals surface area contributed by atoms with Crippen molar-refractivity contribution in [2.45, 2.75) is 49.6 Å². The highest BCUT2D eigenvalue weighted by Gasteiger charge is 2.60. The van der Waals surface area contributed by atoms with Crippen LogP contribution in [0.5, 0.6) is 0 Å². The van der Waals surface area contributed by atoms with Gasteiger partial charge in [0.25, 0.3) is 5.91 Å². The van der Waals surface area contributed by atoms with Crippen LogP contribution in [0, 0.1) is 11.8 Å². The van der Waals surface area contributed by atoms with Gasteiger partial charge in [-0.2, -0.15) is 4.80 Å². The maximum atomic E-state index is 12.6. The Kier molecular flexibility index (Phi) is 3.17. The zero-order valence-electron chi connectivity index (χ0n) is 14.3. The van der Waals surface area contributed by atoms with Crippen LogP contribution in [0.3, 0.4) is 0 Å². The predicted octanol–water partition coefficient (Wildman–Crippen LogP) is -0.611. The second-order valence-corrected chi connectivity index (χ2v) is 8.38. The van der Waals surface area contributed by atoms with Crippen molar-refractivity contribution >= 4 is 17.8 Å². The summed E-state index contributed by atoms with van der Waals surface area (Å²) in [5.41, 5.74) is -0.497. The Morgan fingerprint density at radius 1 is 1.27 bits per heavy atom. The van der Waals surface area contributed by atoms with E-state index in [1.165, 1.54) is 12.7 Å². The second kappa shape index (κ2) is 5.24. The molecule has 6 rings (SSSR count). The summed E-state index contributed by atoms with van der Waals surface area (Å²) in [6.07, 6.45) is 7.32. The summed E-state index contributed by atoms with van der Waals surface area (Å²) >= 11 is 0. The number of amides is 4. The van der Waals surface area contributed by atoms with Crippen molar-refractivity contribution in [1.82, 2.24) is 35.7 Å². The zero-order valence-corrected chi connectivity index (χ0v) is 14.3. The number of rotatable bonds is 4. The molecule has 1 aromatic heterocycles. The van der Waals surface area contributed by atoms with E-state index in [1.807, 2.05) is 0 Å². The highest BCUT2D eigenvalue weighted by Crippen LogP contribution is 2.60. The molecule has 4 bridgehead atoms. The van der Waals surface area contributed by atoms with Gasteiger partial charge in [-0.25, -0.2) is 4.79 Å². The Morgan fingerprint density at radius 3 is 2.65 bits per heavy atom. The fourth-order valence-corrected chi connectivity index (χ4v) is 6.07. The van der Waals surface area contributed by atoms with Crippen molar-refractivity contribution in [3.8, 4) is 0 Å². The highest BCUT2D eigenvalue weighted by molar-refractivity contribution is 6.04. The molecule has 26 heavy (non-hydrogen) atoms. The minimum absolute atomic E-state index is 0.0392. The molecule has 0 spiro atoms. The summed E-state index contributed by atoms with van der Waals surface area (Å²) < 4.78 is 0. The number of nitrogens with one attached hydrogen (secondary N) is 2. The first-order valence-corrected chi connectivity index (χ1v) is 9.10. The highest BCUT2D eigenvalue weighted by atomic mass is 16.2. The van der Waals surface area contributed by atoms with Gasteiger partial charge >= 0.3 is 6.03 Å². The van der Waals surface area contributed by atoms with Crippen LogP contribution in [0.2, 0.25) is 0 Å². The molecule has 5 fully saturated rings. The number of hydrogen-bond donors (Lipinski definition) is 2. The number of carbonyl (C=O) groups is 3. The monoisotopic (exact) mass is 359 g/mol. The first-order valence-electron chi connectivity index (χ1n) is 9.10. The van der Waals surface area contributed by atoms with Gasteiger partial charge in [0.05, 0.1) is 12.1 Å². The third-order valence-electron chi connectivity index (χ3n) is 6.45. The third kappa shape index (κ3) is 2.31. The minimum Gasteiger partial charge on any atom is -0.349 e. The molecule has 1 aromatic rings. The smallest absolute Gasteiger partial charge is 0.325 e. The lowest BCUT2D eigenvalue weighted by Crippen LogP contribution is -2.66. The SMILES string of the molecule is O=C(CN1C(=O)CNC1=O)NC12C[C@H]3C[C@@H](C1)CC(n1ncnn1)(C3)C2. The lowest BCUT2D eigenvalue weighted by Gasteiger charge is -2.61. The molecule has 10 nitrogen and oxygen atoms in total. The van der Waals surface area contributed by atoms with E-state index in [9.17, 15) is 14.4 Å². The van der Waals surface area contributed by atoms with Gasteiger partial charge < -0.3 is 10.6 Å². The Hall–Kier alpha value is -2.52. The predicted molar refractivity (Wildman–Crippen MR) is 86.5 cm³/mol. The summed E-state index contributed by atoms with van der Waals surface area (Å²) in [5, 5.41) is 17.9. The van der Waals surface area contributed by atoms with Crippen molar-refractivity contribution in [1.29, 1.82) is 0 Å². The summed E-state index contributed by atoms with van der Waals surface area (Å²) in [6.45, 7) is -0.265. The van der Waals surface area contributed by atoms with Crippen LogP contribution in [-0.4, -0.2) is 61.6 Å². The Balaban J connectivity index is 1.36. The fraction of sp³-hybridized carbons (Fsp3) is 0.750. The quantitative estimate of drug-likeness (QED) is 0.692. The lowest BCUT2D eigenvalue weighted by atomic mass is 9.50. The number of tetrazole rings is 1. The van der Waals surface area contributed by atoms with Crippen LogP contribution in [0.25, 0.3) is 0 Å². The van der Waals surface area contributed by atoms with Crippen LogP contribution < -0.4 is 10.6 Å². The number of aromatic nitrogens is 4. The summed E-state index contributed by atoms with van der Waals surface area (Å²) in [6, 6.07) is -0.501. The van der Waals surface area contributed by atoms with E-state index in [2.05, 4.69) is 26.0 Å². The topological polar surface area (TPSA) is 122 Å². The van der Waals surface area contributed by atoms with Crippen molar-refractivity contribution in [2.24, 2.45) is 11.8 Å². The van der Waals surface area contributed by atoms with E-state index in [0.29, 0.717) is 11.8 Å². The van der Waals surface area contributed by atoms with E-state index in [-0.39, 0.29) is 36.0 Å². The summed E-state index contributed by atoms with van der Waals surface area (Å²) in [4.78, 5) is 38.7. The van der Waals surface area contributed by atoms with E-state index in [1.54, 1.807) is 4.80 Å². The molecule has 2 unspecified atom stereocenters. The van der Waals surface area contributed by atoms with Gasteiger partial charge in [-0.3, -0.25) is 14.5 Å². The third-order valence-corrected chi connectivity index (χ3v) is 6.45. The molecule has 0 aromatic carbocycles.